The fourth-order valence-corrected chi connectivity index (χ4v) is 5.34. The van der Waals surface area contributed by atoms with Gasteiger partial charge in [0, 0.05) is 6.42 Å². The highest BCUT2D eigenvalue weighted by atomic mass is 32.2. The fraction of sp³-hybridized carbons (Fsp3) is 0.348. The zero-order chi connectivity index (χ0) is 25.2. The van der Waals surface area contributed by atoms with Crippen molar-refractivity contribution in [2.24, 2.45) is 16.5 Å². The number of hydrazine groups is 1. The molecule has 0 spiro atoms. The molecule has 0 fully saturated rings. The number of amides is 1. The lowest BCUT2D eigenvalue weighted by Crippen LogP contribution is -2.62. The van der Waals surface area contributed by atoms with E-state index < -0.39 is 21.5 Å². The normalized spacial score (nSPS) is 13.0. The number of hydrogen-bond acceptors (Lipinski definition) is 6. The number of benzene rings is 2. The van der Waals surface area contributed by atoms with Gasteiger partial charge in [-0.2, -0.15) is 0 Å². The minimum absolute atomic E-state index is 0.00704. The van der Waals surface area contributed by atoms with Crippen LogP contribution in [0.3, 0.4) is 0 Å². The van der Waals surface area contributed by atoms with E-state index in [1.165, 1.54) is 6.07 Å². The SMILES string of the molecule is CCCCS(=O)(=O)N(NC=O)[C@@](Cc1ccccc1)(C(=O)OCC)c1cccc(N=C(N)N)c1. The second-order valence-corrected chi connectivity index (χ2v) is 9.45. The van der Waals surface area contributed by atoms with Crippen LogP contribution in [0.2, 0.25) is 0 Å². The summed E-state index contributed by atoms with van der Waals surface area (Å²) in [5.41, 5.74) is 12.5. The molecule has 11 heteroatoms. The number of aliphatic imine (C=N–C) groups is 1. The average Bonchev–Trinajstić information content (AvgIpc) is 2.80. The lowest BCUT2D eigenvalue weighted by molar-refractivity contribution is -0.157. The van der Waals surface area contributed by atoms with Crippen LogP contribution in [0.1, 0.15) is 37.8 Å². The minimum atomic E-state index is -4.17. The van der Waals surface area contributed by atoms with Crippen molar-refractivity contribution in [3.63, 3.8) is 0 Å². The van der Waals surface area contributed by atoms with Crippen LogP contribution < -0.4 is 16.9 Å². The summed E-state index contributed by atoms with van der Waals surface area (Å²) in [4.78, 5) is 29.3. The summed E-state index contributed by atoms with van der Waals surface area (Å²) < 4.78 is 33.1. The number of esters is 1. The predicted molar refractivity (Wildman–Crippen MR) is 130 cm³/mol. The van der Waals surface area contributed by atoms with Crippen LogP contribution >= 0.6 is 0 Å². The summed E-state index contributed by atoms with van der Waals surface area (Å²) in [6.45, 7) is 3.45. The molecule has 0 saturated carbocycles. The zero-order valence-corrected chi connectivity index (χ0v) is 20.1. The summed E-state index contributed by atoms with van der Waals surface area (Å²) in [6, 6.07) is 15.1. The highest BCUT2D eigenvalue weighted by Crippen LogP contribution is 2.37. The number of nitrogens with one attached hydrogen (secondary N) is 1. The van der Waals surface area contributed by atoms with Crippen LogP contribution in [-0.2, 0) is 36.3 Å². The van der Waals surface area contributed by atoms with E-state index in [0.29, 0.717) is 28.5 Å². The van der Waals surface area contributed by atoms with Gasteiger partial charge in [-0.05, 0) is 36.6 Å². The molecule has 0 bridgehead atoms. The van der Waals surface area contributed by atoms with Gasteiger partial charge in [-0.15, -0.1) is 0 Å². The maximum absolute atomic E-state index is 13.7. The van der Waals surface area contributed by atoms with Crippen LogP contribution in [0.25, 0.3) is 0 Å². The zero-order valence-electron chi connectivity index (χ0n) is 19.3. The minimum Gasteiger partial charge on any atom is -0.464 e. The van der Waals surface area contributed by atoms with E-state index in [1.54, 1.807) is 55.5 Å². The van der Waals surface area contributed by atoms with Gasteiger partial charge in [0.2, 0.25) is 16.4 Å². The maximum Gasteiger partial charge on any atom is 0.334 e. The molecular formula is C23H31N5O5S. The van der Waals surface area contributed by atoms with Crippen LogP contribution in [0, 0.1) is 0 Å². The van der Waals surface area contributed by atoms with Crippen LogP contribution in [0.5, 0.6) is 0 Å². The second-order valence-electron chi connectivity index (χ2n) is 7.51. The highest BCUT2D eigenvalue weighted by molar-refractivity contribution is 7.89. The van der Waals surface area contributed by atoms with Gasteiger partial charge >= 0.3 is 5.97 Å². The number of guanidine groups is 1. The molecule has 10 nitrogen and oxygen atoms in total. The van der Waals surface area contributed by atoms with E-state index in [1.807, 2.05) is 6.92 Å². The van der Waals surface area contributed by atoms with Gasteiger partial charge in [0.05, 0.1) is 18.0 Å². The lowest BCUT2D eigenvalue weighted by atomic mass is 9.84. The largest absolute Gasteiger partial charge is 0.464 e. The number of sulfonamides is 1. The molecule has 2 rings (SSSR count). The van der Waals surface area contributed by atoms with Crippen LogP contribution in [0.15, 0.2) is 59.6 Å². The molecule has 0 saturated heterocycles. The van der Waals surface area contributed by atoms with E-state index in [0.717, 1.165) is 0 Å². The van der Waals surface area contributed by atoms with Gasteiger partial charge < -0.3 is 16.2 Å². The Morgan fingerprint density at radius 3 is 2.44 bits per heavy atom. The van der Waals surface area contributed by atoms with Crippen molar-refractivity contribution in [3.05, 3.63) is 65.7 Å². The van der Waals surface area contributed by atoms with Crippen LogP contribution in [0.4, 0.5) is 5.69 Å². The summed E-state index contributed by atoms with van der Waals surface area (Å²) in [5, 5.41) is 0. The third kappa shape index (κ3) is 6.33. The molecule has 0 unspecified atom stereocenters. The Kier molecular flexibility index (Phi) is 9.58. The third-order valence-electron chi connectivity index (χ3n) is 5.05. The predicted octanol–water partition coefficient (Wildman–Crippen LogP) is 1.69. The fourth-order valence-electron chi connectivity index (χ4n) is 3.58. The standard InChI is InChI=1S/C23H31N5O5S/c1-3-5-14-34(31,32)28(26-17-29)23(21(30)33-4-2,16-18-10-7-6-8-11-18)19-12-9-13-20(15-19)27-22(24)25/h6-13,15,17H,3-5,14,16H2,1-2H3,(H,26,29)(H4,24,25,27)/t23-/m1/s1. The molecule has 0 aromatic heterocycles. The van der Waals surface area contributed by atoms with Crippen molar-refractivity contribution >= 4 is 34.0 Å². The Morgan fingerprint density at radius 1 is 1.15 bits per heavy atom. The number of ether oxygens (including phenoxy) is 1. The lowest BCUT2D eigenvalue weighted by Gasteiger charge is -2.40. The van der Waals surface area contributed by atoms with Crippen molar-refractivity contribution in [1.29, 1.82) is 0 Å². The molecule has 0 aliphatic rings. The number of hydrogen-bond donors (Lipinski definition) is 3. The van der Waals surface area contributed by atoms with E-state index >= 15 is 0 Å². The van der Waals surface area contributed by atoms with E-state index in [4.69, 9.17) is 16.2 Å². The molecule has 0 aliphatic heterocycles. The van der Waals surface area contributed by atoms with Crippen molar-refractivity contribution in [3.8, 4) is 0 Å². The molecule has 2 aromatic rings. The van der Waals surface area contributed by atoms with Gasteiger partial charge in [-0.1, -0.05) is 60.2 Å². The first-order valence-corrected chi connectivity index (χ1v) is 12.5. The smallest absolute Gasteiger partial charge is 0.334 e. The first kappa shape index (κ1) is 26.8. The van der Waals surface area contributed by atoms with Gasteiger partial charge in [0.25, 0.3) is 0 Å². The second kappa shape index (κ2) is 12.1. The van der Waals surface area contributed by atoms with Crippen molar-refractivity contribution in [2.75, 3.05) is 12.4 Å². The average molecular weight is 490 g/mol. The number of carbonyl (C=O) groups excluding carboxylic acids is 2. The third-order valence-corrected chi connectivity index (χ3v) is 6.83. The monoisotopic (exact) mass is 489 g/mol. The number of nitrogens with zero attached hydrogens (tertiary/aromatic N) is 2. The highest BCUT2D eigenvalue weighted by Gasteiger charge is 2.53. The Morgan fingerprint density at radius 2 is 1.85 bits per heavy atom. The van der Waals surface area contributed by atoms with Crippen molar-refractivity contribution < 1.29 is 22.7 Å². The summed E-state index contributed by atoms with van der Waals surface area (Å²) in [7, 11) is -4.17. The van der Waals surface area contributed by atoms with Gasteiger partial charge in [0.1, 0.15) is 0 Å². The number of nitrogens with two attached hydrogens (primary N) is 2. The van der Waals surface area contributed by atoms with Gasteiger partial charge in [-0.25, -0.2) is 18.2 Å². The van der Waals surface area contributed by atoms with Crippen LogP contribution in [-0.4, -0.2) is 43.5 Å². The first-order chi connectivity index (χ1) is 16.2. The Labute approximate surface area is 200 Å². The van der Waals surface area contributed by atoms with Crippen molar-refractivity contribution in [1.82, 2.24) is 9.84 Å². The maximum atomic E-state index is 13.7. The number of carbonyl (C=O) groups is 2. The quantitative estimate of drug-likeness (QED) is 0.127. The molecule has 0 radical (unpaired) electrons. The number of unbranched alkanes of at least 4 members (excludes halogenated alkanes) is 1. The van der Waals surface area contributed by atoms with E-state index in [2.05, 4.69) is 10.4 Å². The Balaban J connectivity index is 2.90. The van der Waals surface area contributed by atoms with E-state index in [-0.39, 0.29) is 36.7 Å². The van der Waals surface area contributed by atoms with Crippen molar-refractivity contribution in [2.45, 2.75) is 38.6 Å². The summed E-state index contributed by atoms with van der Waals surface area (Å²) in [5.74, 6) is -1.34. The summed E-state index contributed by atoms with van der Waals surface area (Å²) in [6.07, 6.45) is 1.03. The summed E-state index contributed by atoms with van der Waals surface area (Å²) >= 11 is 0. The topological polar surface area (TPSA) is 157 Å². The molecule has 0 heterocycles. The Bertz CT molecular complexity index is 1100. The molecular weight excluding hydrogens is 458 g/mol. The molecule has 184 valence electrons. The van der Waals surface area contributed by atoms with E-state index in [9.17, 15) is 18.0 Å². The molecule has 1 atom stereocenters. The first-order valence-electron chi connectivity index (χ1n) is 10.9. The number of rotatable bonds is 13. The molecule has 1 amide bonds. The molecule has 2 aromatic carbocycles. The molecule has 5 N–H and O–H groups in total. The van der Waals surface area contributed by atoms with Gasteiger partial charge in [-0.3, -0.25) is 10.2 Å². The molecule has 0 aliphatic carbocycles. The molecule has 34 heavy (non-hydrogen) atoms. The Hall–Kier alpha value is -3.44. The van der Waals surface area contributed by atoms with Gasteiger partial charge in [0.15, 0.2) is 11.5 Å².